The molecule has 0 amide bonds. The van der Waals surface area contributed by atoms with Gasteiger partial charge in [0.2, 0.25) is 0 Å². The molecule has 1 aliphatic rings. The second kappa shape index (κ2) is 2.55. The van der Waals surface area contributed by atoms with E-state index >= 15 is 0 Å². The van der Waals surface area contributed by atoms with Crippen LogP contribution in [0.2, 0.25) is 0 Å². The van der Waals surface area contributed by atoms with Gasteiger partial charge in [0.15, 0.2) is 0 Å². The Morgan fingerprint density at radius 1 is 1.42 bits per heavy atom. The number of hydrogen-bond donors (Lipinski definition) is 1. The average molecular weight is 160 g/mol. The molecule has 2 heteroatoms. The molecule has 0 spiro atoms. The fraction of sp³-hybridized carbons (Fsp3) is 0.200. The second-order valence-electron chi connectivity index (χ2n) is 3.10. The van der Waals surface area contributed by atoms with E-state index in [4.69, 9.17) is 5.73 Å². The molecule has 2 nitrogen and oxygen atoms in total. The molecule has 62 valence electrons. The highest BCUT2D eigenvalue weighted by Gasteiger charge is 2.07. The maximum atomic E-state index is 5.67. The molecule has 0 bridgehead atoms. The van der Waals surface area contributed by atoms with E-state index < -0.39 is 0 Å². The maximum absolute atomic E-state index is 5.67. The van der Waals surface area contributed by atoms with Crippen LogP contribution in [0, 0.1) is 0 Å². The Labute approximate surface area is 72.3 Å². The lowest BCUT2D eigenvalue weighted by Gasteiger charge is -2.23. The van der Waals surface area contributed by atoms with E-state index in [1.54, 1.807) is 0 Å². The number of nitrogen functional groups attached to an aromatic ring is 1. The van der Waals surface area contributed by atoms with Crippen LogP contribution in [-0.4, -0.2) is 13.6 Å². The lowest BCUT2D eigenvalue weighted by atomic mass is 10.1. The van der Waals surface area contributed by atoms with Gasteiger partial charge in [0.1, 0.15) is 0 Å². The lowest BCUT2D eigenvalue weighted by molar-refractivity contribution is 1.02. The molecular formula is C10H12N2. The van der Waals surface area contributed by atoms with Crippen LogP contribution in [0.15, 0.2) is 24.3 Å². The van der Waals surface area contributed by atoms with Gasteiger partial charge in [0.05, 0.1) is 0 Å². The first-order chi connectivity index (χ1) is 5.77. The molecule has 1 heterocycles. The van der Waals surface area contributed by atoms with E-state index in [2.05, 4.69) is 30.2 Å². The number of fused-ring (bicyclic) bond motifs is 1. The SMILES string of the molecule is CN1CC=Cc2cc(N)ccc21. The third-order valence-electron chi connectivity index (χ3n) is 2.14. The van der Waals surface area contributed by atoms with Gasteiger partial charge in [-0.25, -0.2) is 0 Å². The highest BCUT2D eigenvalue weighted by Crippen LogP contribution is 2.26. The van der Waals surface area contributed by atoms with Crippen molar-refractivity contribution in [1.29, 1.82) is 0 Å². The first-order valence-electron chi connectivity index (χ1n) is 4.04. The third kappa shape index (κ3) is 1.05. The van der Waals surface area contributed by atoms with Crippen LogP contribution in [-0.2, 0) is 0 Å². The molecule has 2 N–H and O–H groups in total. The Hall–Kier alpha value is -1.44. The number of benzene rings is 1. The van der Waals surface area contributed by atoms with Gasteiger partial charge >= 0.3 is 0 Å². The van der Waals surface area contributed by atoms with E-state index in [1.165, 1.54) is 11.3 Å². The van der Waals surface area contributed by atoms with E-state index in [9.17, 15) is 0 Å². The van der Waals surface area contributed by atoms with Crippen LogP contribution < -0.4 is 10.6 Å². The minimum atomic E-state index is 0.828. The number of anilines is 2. The van der Waals surface area contributed by atoms with E-state index in [1.807, 2.05) is 12.1 Å². The van der Waals surface area contributed by atoms with Crippen molar-refractivity contribution in [3.63, 3.8) is 0 Å². The molecule has 1 aromatic carbocycles. The molecule has 0 aliphatic carbocycles. The highest BCUT2D eigenvalue weighted by molar-refractivity contribution is 5.73. The van der Waals surface area contributed by atoms with Crippen molar-refractivity contribution >= 4 is 17.5 Å². The van der Waals surface area contributed by atoms with Crippen molar-refractivity contribution < 1.29 is 0 Å². The monoisotopic (exact) mass is 160 g/mol. The van der Waals surface area contributed by atoms with E-state index in [-0.39, 0.29) is 0 Å². The molecule has 0 saturated carbocycles. The number of hydrogen-bond acceptors (Lipinski definition) is 2. The second-order valence-corrected chi connectivity index (χ2v) is 3.10. The summed E-state index contributed by atoms with van der Waals surface area (Å²) in [4.78, 5) is 2.20. The summed E-state index contributed by atoms with van der Waals surface area (Å²) in [6.07, 6.45) is 4.26. The van der Waals surface area contributed by atoms with Gasteiger partial charge in [-0.05, 0) is 23.8 Å². The molecular weight excluding hydrogens is 148 g/mol. The van der Waals surface area contributed by atoms with E-state index in [0.29, 0.717) is 0 Å². The number of nitrogens with zero attached hydrogens (tertiary/aromatic N) is 1. The van der Waals surface area contributed by atoms with Crippen LogP contribution in [0.3, 0.4) is 0 Å². The molecule has 2 rings (SSSR count). The van der Waals surface area contributed by atoms with Crippen molar-refractivity contribution in [3.05, 3.63) is 29.8 Å². The predicted molar refractivity (Wildman–Crippen MR) is 53.2 cm³/mol. The normalized spacial score (nSPS) is 14.6. The standard InChI is InChI=1S/C10H12N2/c1-12-6-2-3-8-7-9(11)4-5-10(8)12/h2-5,7H,6,11H2,1H3. The summed E-state index contributed by atoms with van der Waals surface area (Å²) in [5.74, 6) is 0. The van der Waals surface area contributed by atoms with Crippen LogP contribution >= 0.6 is 0 Å². The van der Waals surface area contributed by atoms with Gasteiger partial charge < -0.3 is 10.6 Å². The summed E-state index contributed by atoms with van der Waals surface area (Å²) in [6, 6.07) is 6.00. The number of likely N-dealkylation sites (N-methyl/N-ethyl adjacent to an activating group) is 1. The van der Waals surface area contributed by atoms with E-state index in [0.717, 1.165) is 12.2 Å². The summed E-state index contributed by atoms with van der Waals surface area (Å²) in [7, 11) is 2.08. The molecule has 0 atom stereocenters. The molecule has 0 radical (unpaired) electrons. The summed E-state index contributed by atoms with van der Waals surface area (Å²) in [5.41, 5.74) is 8.97. The first kappa shape index (κ1) is 7.22. The summed E-state index contributed by atoms with van der Waals surface area (Å²) < 4.78 is 0. The largest absolute Gasteiger partial charge is 0.399 e. The zero-order chi connectivity index (χ0) is 8.55. The molecule has 0 saturated heterocycles. The van der Waals surface area contributed by atoms with Crippen LogP contribution in [0.5, 0.6) is 0 Å². The molecule has 0 unspecified atom stereocenters. The first-order valence-corrected chi connectivity index (χ1v) is 4.04. The predicted octanol–water partition coefficient (Wildman–Crippen LogP) is 1.73. The van der Waals surface area contributed by atoms with Crippen molar-refractivity contribution in [2.45, 2.75) is 0 Å². The third-order valence-corrected chi connectivity index (χ3v) is 2.14. The van der Waals surface area contributed by atoms with Gasteiger partial charge in [-0.15, -0.1) is 0 Å². The smallest absolute Gasteiger partial charge is 0.0441 e. The Morgan fingerprint density at radius 2 is 2.25 bits per heavy atom. The quantitative estimate of drug-likeness (QED) is 0.586. The van der Waals surface area contributed by atoms with Crippen molar-refractivity contribution in [2.24, 2.45) is 0 Å². The van der Waals surface area contributed by atoms with Gasteiger partial charge in [-0.3, -0.25) is 0 Å². The van der Waals surface area contributed by atoms with Crippen LogP contribution in [0.1, 0.15) is 5.56 Å². The highest BCUT2D eigenvalue weighted by atomic mass is 15.1. The molecule has 0 fully saturated rings. The minimum absolute atomic E-state index is 0.828. The van der Waals surface area contributed by atoms with Gasteiger partial charge in [0.25, 0.3) is 0 Å². The van der Waals surface area contributed by atoms with Crippen LogP contribution in [0.4, 0.5) is 11.4 Å². The van der Waals surface area contributed by atoms with Gasteiger partial charge in [-0.1, -0.05) is 12.2 Å². The molecule has 12 heavy (non-hydrogen) atoms. The minimum Gasteiger partial charge on any atom is -0.399 e. The van der Waals surface area contributed by atoms with Crippen molar-refractivity contribution in [3.8, 4) is 0 Å². The fourth-order valence-electron chi connectivity index (χ4n) is 1.49. The Bertz CT molecular complexity index is 329. The lowest BCUT2D eigenvalue weighted by Crippen LogP contribution is -2.20. The topological polar surface area (TPSA) is 29.3 Å². The summed E-state index contributed by atoms with van der Waals surface area (Å²) in [5, 5.41) is 0. The molecule has 1 aliphatic heterocycles. The molecule has 1 aromatic rings. The molecule has 0 aromatic heterocycles. The van der Waals surface area contributed by atoms with Crippen LogP contribution in [0.25, 0.3) is 6.08 Å². The average Bonchev–Trinajstić information content (AvgIpc) is 2.04. The fourth-order valence-corrected chi connectivity index (χ4v) is 1.49. The Morgan fingerprint density at radius 3 is 3.08 bits per heavy atom. The zero-order valence-corrected chi connectivity index (χ0v) is 7.12. The number of rotatable bonds is 0. The Kier molecular flexibility index (Phi) is 1.54. The van der Waals surface area contributed by atoms with Gasteiger partial charge in [-0.2, -0.15) is 0 Å². The number of nitrogens with two attached hydrogens (primary N) is 1. The summed E-state index contributed by atoms with van der Waals surface area (Å²) >= 11 is 0. The zero-order valence-electron chi connectivity index (χ0n) is 7.12. The van der Waals surface area contributed by atoms with Gasteiger partial charge in [0, 0.05) is 25.0 Å². The maximum Gasteiger partial charge on any atom is 0.0441 e. The Balaban J connectivity index is 2.55. The summed E-state index contributed by atoms with van der Waals surface area (Å²) in [6.45, 7) is 0.983. The van der Waals surface area contributed by atoms with Crippen molar-refractivity contribution in [1.82, 2.24) is 0 Å². The van der Waals surface area contributed by atoms with Crippen molar-refractivity contribution in [2.75, 3.05) is 24.2 Å².